The summed E-state index contributed by atoms with van der Waals surface area (Å²) in [6.07, 6.45) is 1.86. The van der Waals surface area contributed by atoms with E-state index >= 15 is 0 Å². The minimum absolute atomic E-state index is 0.170. The number of thiazole rings is 1. The molecule has 0 fully saturated rings. The highest BCUT2D eigenvalue weighted by Gasteiger charge is 2.09. The first kappa shape index (κ1) is 13.0. The highest BCUT2D eigenvalue weighted by molar-refractivity contribution is 7.15. The average Bonchev–Trinajstić information content (AvgIpc) is 2.81. The molecule has 0 aliphatic heterocycles. The van der Waals surface area contributed by atoms with Crippen LogP contribution in [0, 0.1) is 5.82 Å². The summed E-state index contributed by atoms with van der Waals surface area (Å²) in [7, 11) is 3.83. The number of anilines is 1. The van der Waals surface area contributed by atoms with Crippen molar-refractivity contribution in [3.63, 3.8) is 0 Å². The number of nitrogens with one attached hydrogen (secondary N) is 1. The number of nitrogens with zero attached hydrogens (tertiary/aromatic N) is 2. The molecule has 96 valence electrons. The van der Waals surface area contributed by atoms with E-state index in [1.807, 2.05) is 31.3 Å². The summed E-state index contributed by atoms with van der Waals surface area (Å²) in [5, 5.41) is 3.99. The zero-order valence-corrected chi connectivity index (χ0v) is 11.3. The van der Waals surface area contributed by atoms with Crippen molar-refractivity contribution in [3.05, 3.63) is 46.7 Å². The van der Waals surface area contributed by atoms with Crippen molar-refractivity contribution in [3.8, 4) is 0 Å². The average molecular weight is 265 g/mol. The summed E-state index contributed by atoms with van der Waals surface area (Å²) in [6, 6.07) is 6.83. The summed E-state index contributed by atoms with van der Waals surface area (Å²) in [4.78, 5) is 7.48. The lowest BCUT2D eigenvalue weighted by Crippen LogP contribution is -2.16. The molecule has 1 aromatic carbocycles. The smallest absolute Gasteiger partial charge is 0.185 e. The third-order valence-electron chi connectivity index (χ3n) is 2.58. The van der Waals surface area contributed by atoms with Gasteiger partial charge in [0.05, 0.1) is 0 Å². The van der Waals surface area contributed by atoms with Crippen LogP contribution in [-0.2, 0) is 13.1 Å². The quantitative estimate of drug-likeness (QED) is 0.901. The summed E-state index contributed by atoms with van der Waals surface area (Å²) in [5.41, 5.74) is 0.686. The van der Waals surface area contributed by atoms with Gasteiger partial charge >= 0.3 is 0 Å². The topological polar surface area (TPSA) is 28.2 Å². The Kier molecular flexibility index (Phi) is 4.28. The fourth-order valence-electron chi connectivity index (χ4n) is 1.68. The van der Waals surface area contributed by atoms with Gasteiger partial charge in [-0.05, 0) is 13.1 Å². The van der Waals surface area contributed by atoms with Gasteiger partial charge in [-0.15, -0.1) is 11.3 Å². The summed E-state index contributed by atoms with van der Waals surface area (Å²) in [6.45, 7) is 1.34. The number of rotatable bonds is 5. The van der Waals surface area contributed by atoms with Crippen LogP contribution in [0.15, 0.2) is 30.5 Å². The van der Waals surface area contributed by atoms with E-state index in [0.717, 1.165) is 11.7 Å². The molecule has 1 N–H and O–H groups in total. The maximum Gasteiger partial charge on any atom is 0.185 e. The lowest BCUT2D eigenvalue weighted by Gasteiger charge is -2.15. The molecular formula is C13H16FN3S. The maximum atomic E-state index is 13.5. The Balaban J connectivity index is 2.07. The monoisotopic (exact) mass is 265 g/mol. The van der Waals surface area contributed by atoms with Crippen LogP contribution in [-0.4, -0.2) is 19.1 Å². The second kappa shape index (κ2) is 5.93. The fourth-order valence-corrected chi connectivity index (χ4v) is 2.56. The minimum Gasteiger partial charge on any atom is -0.347 e. The van der Waals surface area contributed by atoms with E-state index in [9.17, 15) is 4.39 Å². The second-order valence-electron chi connectivity index (χ2n) is 4.09. The van der Waals surface area contributed by atoms with Gasteiger partial charge in [-0.2, -0.15) is 0 Å². The lowest BCUT2D eigenvalue weighted by molar-refractivity contribution is 0.608. The van der Waals surface area contributed by atoms with Gasteiger partial charge in [-0.3, -0.25) is 0 Å². The van der Waals surface area contributed by atoms with E-state index in [1.165, 1.54) is 10.9 Å². The Morgan fingerprint density at radius 2 is 2.17 bits per heavy atom. The van der Waals surface area contributed by atoms with Crippen LogP contribution in [0.4, 0.5) is 9.52 Å². The van der Waals surface area contributed by atoms with E-state index in [-0.39, 0.29) is 5.82 Å². The predicted octanol–water partition coefficient (Wildman–Crippen LogP) is 2.64. The maximum absolute atomic E-state index is 13.5. The Morgan fingerprint density at radius 3 is 2.89 bits per heavy atom. The van der Waals surface area contributed by atoms with E-state index in [1.54, 1.807) is 23.5 Å². The molecule has 1 heterocycles. The molecule has 0 saturated carbocycles. The Hall–Kier alpha value is -1.46. The van der Waals surface area contributed by atoms with Gasteiger partial charge in [0.1, 0.15) is 5.82 Å². The largest absolute Gasteiger partial charge is 0.347 e. The molecule has 1 aromatic heterocycles. The molecule has 0 bridgehead atoms. The summed E-state index contributed by atoms with van der Waals surface area (Å²) < 4.78 is 13.5. The molecule has 2 rings (SSSR count). The zero-order valence-electron chi connectivity index (χ0n) is 10.5. The molecule has 0 atom stereocenters. The van der Waals surface area contributed by atoms with Gasteiger partial charge in [0.15, 0.2) is 5.13 Å². The van der Waals surface area contributed by atoms with Gasteiger partial charge in [-0.25, -0.2) is 9.37 Å². The van der Waals surface area contributed by atoms with Crippen molar-refractivity contribution in [2.24, 2.45) is 0 Å². The molecule has 5 heteroatoms. The number of hydrogen-bond donors (Lipinski definition) is 1. The Morgan fingerprint density at radius 1 is 1.39 bits per heavy atom. The highest BCUT2D eigenvalue weighted by Crippen LogP contribution is 2.23. The molecule has 0 unspecified atom stereocenters. The molecule has 0 spiro atoms. The molecule has 0 amide bonds. The van der Waals surface area contributed by atoms with Crippen LogP contribution in [0.5, 0.6) is 0 Å². The SMILES string of the molecule is CNCc1cnc(N(C)Cc2ccccc2F)s1. The normalized spacial score (nSPS) is 10.6. The first-order chi connectivity index (χ1) is 8.70. The van der Waals surface area contributed by atoms with E-state index in [0.29, 0.717) is 12.1 Å². The lowest BCUT2D eigenvalue weighted by atomic mass is 10.2. The van der Waals surface area contributed by atoms with Crippen LogP contribution < -0.4 is 10.2 Å². The molecule has 0 radical (unpaired) electrons. The number of halogens is 1. The molecule has 0 aliphatic carbocycles. The van der Waals surface area contributed by atoms with E-state index in [4.69, 9.17) is 0 Å². The van der Waals surface area contributed by atoms with Crippen molar-refractivity contribution in [1.82, 2.24) is 10.3 Å². The predicted molar refractivity (Wildman–Crippen MR) is 73.4 cm³/mol. The Labute approximate surface area is 110 Å². The van der Waals surface area contributed by atoms with Gasteiger partial charge in [0.25, 0.3) is 0 Å². The standard InChI is InChI=1S/C13H16FN3S/c1-15-7-11-8-16-13(18-11)17(2)9-10-5-3-4-6-12(10)14/h3-6,8,15H,7,9H2,1-2H3. The fraction of sp³-hybridized carbons (Fsp3) is 0.308. The first-order valence-electron chi connectivity index (χ1n) is 5.74. The molecule has 3 nitrogen and oxygen atoms in total. The summed E-state index contributed by atoms with van der Waals surface area (Å²) >= 11 is 1.62. The second-order valence-corrected chi connectivity index (χ2v) is 5.18. The van der Waals surface area contributed by atoms with Crippen LogP contribution in [0.3, 0.4) is 0 Å². The number of aromatic nitrogens is 1. The van der Waals surface area contributed by atoms with Crippen LogP contribution >= 0.6 is 11.3 Å². The summed E-state index contributed by atoms with van der Waals surface area (Å²) in [5.74, 6) is -0.170. The Bertz CT molecular complexity index is 512. The van der Waals surface area contributed by atoms with Crippen LogP contribution in [0.1, 0.15) is 10.4 Å². The minimum atomic E-state index is -0.170. The van der Waals surface area contributed by atoms with E-state index in [2.05, 4.69) is 10.3 Å². The van der Waals surface area contributed by atoms with Gasteiger partial charge < -0.3 is 10.2 Å². The van der Waals surface area contributed by atoms with Crippen molar-refractivity contribution < 1.29 is 4.39 Å². The van der Waals surface area contributed by atoms with Crippen molar-refractivity contribution in [2.75, 3.05) is 19.0 Å². The van der Waals surface area contributed by atoms with Crippen molar-refractivity contribution >= 4 is 16.5 Å². The molecule has 0 aliphatic rings. The van der Waals surface area contributed by atoms with Crippen LogP contribution in [0.2, 0.25) is 0 Å². The van der Waals surface area contributed by atoms with Gasteiger partial charge in [0, 0.05) is 36.8 Å². The number of benzene rings is 1. The first-order valence-corrected chi connectivity index (χ1v) is 6.56. The van der Waals surface area contributed by atoms with Gasteiger partial charge in [0.2, 0.25) is 0 Å². The van der Waals surface area contributed by atoms with E-state index < -0.39 is 0 Å². The third kappa shape index (κ3) is 3.05. The van der Waals surface area contributed by atoms with Gasteiger partial charge in [-0.1, -0.05) is 18.2 Å². The van der Waals surface area contributed by atoms with Crippen LogP contribution in [0.25, 0.3) is 0 Å². The highest BCUT2D eigenvalue weighted by atomic mass is 32.1. The third-order valence-corrected chi connectivity index (χ3v) is 3.70. The molecular weight excluding hydrogens is 249 g/mol. The van der Waals surface area contributed by atoms with Crippen molar-refractivity contribution in [1.29, 1.82) is 0 Å². The molecule has 0 saturated heterocycles. The molecule has 18 heavy (non-hydrogen) atoms. The zero-order chi connectivity index (χ0) is 13.0. The van der Waals surface area contributed by atoms with Crippen molar-refractivity contribution in [2.45, 2.75) is 13.1 Å². The number of hydrogen-bond acceptors (Lipinski definition) is 4. The molecule has 2 aromatic rings.